The third-order valence-corrected chi connectivity index (χ3v) is 15.3. The maximum absolute atomic E-state index is 14.5. The number of hydrogen-bond donors (Lipinski definition) is 2. The van der Waals surface area contributed by atoms with E-state index in [0.717, 1.165) is 24.8 Å². The molecule has 15 heteroatoms. The van der Waals surface area contributed by atoms with Crippen LogP contribution in [0.5, 0.6) is 0 Å². The summed E-state index contributed by atoms with van der Waals surface area (Å²) in [6, 6.07) is -0.942. The highest BCUT2D eigenvalue weighted by Crippen LogP contribution is 2.41. The smallest absolute Gasteiger partial charge is 0.329 e. The van der Waals surface area contributed by atoms with Gasteiger partial charge in [0.05, 0.1) is 24.4 Å². The molecule has 0 aromatic carbocycles. The van der Waals surface area contributed by atoms with Gasteiger partial charge in [0, 0.05) is 50.2 Å². The fourth-order valence-corrected chi connectivity index (χ4v) is 11.0. The van der Waals surface area contributed by atoms with Crippen molar-refractivity contribution in [2.75, 3.05) is 13.7 Å². The van der Waals surface area contributed by atoms with Crippen LogP contribution in [0.4, 0.5) is 0 Å². The molecule has 0 radical (unpaired) electrons. The molecule has 4 heterocycles. The third kappa shape index (κ3) is 13.8. The van der Waals surface area contributed by atoms with Crippen LogP contribution in [0.3, 0.4) is 0 Å². The largest absolute Gasteiger partial charge is 0.460 e. The average Bonchev–Trinajstić information content (AvgIpc) is 3.84. The zero-order chi connectivity index (χ0) is 49.2. The molecule has 1 amide bonds. The van der Waals surface area contributed by atoms with Crippen LogP contribution in [0.1, 0.15) is 145 Å². The first kappa shape index (κ1) is 53.8. The molecule has 372 valence electrons. The molecule has 2 N–H and O–H groups in total. The van der Waals surface area contributed by atoms with E-state index < -0.39 is 71.7 Å². The number of carbonyl (C=O) groups is 5. The van der Waals surface area contributed by atoms with Gasteiger partial charge in [0.15, 0.2) is 0 Å². The molecule has 67 heavy (non-hydrogen) atoms. The van der Waals surface area contributed by atoms with E-state index in [0.29, 0.717) is 50.5 Å². The van der Waals surface area contributed by atoms with Gasteiger partial charge in [-0.1, -0.05) is 84.9 Å². The summed E-state index contributed by atoms with van der Waals surface area (Å²) in [5.41, 5.74) is 1.41. The summed E-state index contributed by atoms with van der Waals surface area (Å²) in [5.74, 6) is -7.49. The third-order valence-electron chi connectivity index (χ3n) is 15.3. The molecule has 1 aliphatic carbocycles. The van der Waals surface area contributed by atoms with Crippen LogP contribution >= 0.6 is 0 Å². The predicted molar refractivity (Wildman–Crippen MR) is 253 cm³/mol. The van der Waals surface area contributed by atoms with Crippen molar-refractivity contribution in [3.8, 4) is 0 Å². The van der Waals surface area contributed by atoms with E-state index in [2.05, 4.69) is 22.4 Å². The Morgan fingerprint density at radius 1 is 0.910 bits per heavy atom. The molecule has 2 saturated heterocycles. The van der Waals surface area contributed by atoms with E-state index in [1.54, 1.807) is 47.2 Å². The van der Waals surface area contributed by atoms with Gasteiger partial charge in [-0.15, -0.1) is 5.10 Å². The normalized spacial score (nSPS) is 38.3. The Morgan fingerprint density at radius 2 is 1.66 bits per heavy atom. The number of fused-ring (bicyclic) bond motifs is 3. The number of esters is 1. The van der Waals surface area contributed by atoms with Crippen LogP contribution in [0.2, 0.25) is 0 Å². The van der Waals surface area contributed by atoms with Gasteiger partial charge in [-0.2, -0.15) is 0 Å². The highest BCUT2D eigenvalue weighted by molar-refractivity contribution is 6.39. The van der Waals surface area contributed by atoms with E-state index in [1.165, 1.54) is 4.90 Å². The number of cyclic esters (lactones) is 1. The number of nitrogens with zero attached hydrogens (tertiary/aromatic N) is 5. The van der Waals surface area contributed by atoms with Crippen molar-refractivity contribution in [2.45, 2.75) is 182 Å². The minimum absolute atomic E-state index is 0.0583. The number of piperidine rings is 1. The first-order valence-electron chi connectivity index (χ1n) is 24.9. The number of carbonyl (C=O) groups excluding carboxylic acids is 5. The Morgan fingerprint density at radius 3 is 2.34 bits per heavy atom. The summed E-state index contributed by atoms with van der Waals surface area (Å²) >= 11 is 0. The number of tetrazole rings is 1. The second-order valence-corrected chi connectivity index (χ2v) is 20.7. The lowest BCUT2D eigenvalue weighted by atomic mass is 9.74. The molecule has 1 aromatic heterocycles. The van der Waals surface area contributed by atoms with Crippen LogP contribution in [0.25, 0.3) is 0 Å². The van der Waals surface area contributed by atoms with Crippen LogP contribution in [0.15, 0.2) is 53.9 Å². The second kappa shape index (κ2) is 24.4. The summed E-state index contributed by atoms with van der Waals surface area (Å²) in [6.45, 7) is 17.0. The summed E-state index contributed by atoms with van der Waals surface area (Å²) in [7, 11) is 1.59. The second-order valence-electron chi connectivity index (χ2n) is 20.7. The lowest BCUT2D eigenvalue weighted by molar-refractivity contribution is -0.265. The van der Waals surface area contributed by atoms with Gasteiger partial charge in [-0.3, -0.25) is 19.2 Å². The van der Waals surface area contributed by atoms with Gasteiger partial charge in [0.1, 0.15) is 30.0 Å². The molecule has 1 aromatic rings. The topological polar surface area (TPSA) is 200 Å². The molecule has 7 unspecified atom stereocenters. The highest BCUT2D eigenvalue weighted by atomic mass is 16.6. The van der Waals surface area contributed by atoms with Crippen molar-refractivity contribution in [3.05, 3.63) is 53.9 Å². The summed E-state index contributed by atoms with van der Waals surface area (Å²) in [6.07, 6.45) is 16.6. The number of allylic oxidation sites excluding steroid dienone is 6. The van der Waals surface area contributed by atoms with Crippen molar-refractivity contribution < 1.29 is 48.4 Å². The number of ether oxygens (including phenoxy) is 3. The van der Waals surface area contributed by atoms with Gasteiger partial charge in [-0.25, -0.2) is 9.48 Å². The summed E-state index contributed by atoms with van der Waals surface area (Å²) < 4.78 is 20.2. The van der Waals surface area contributed by atoms with Crippen LogP contribution in [-0.4, -0.2) is 114 Å². The van der Waals surface area contributed by atoms with E-state index in [4.69, 9.17) is 14.2 Å². The quantitative estimate of drug-likeness (QED) is 0.170. The lowest BCUT2D eigenvalue weighted by Gasteiger charge is -2.42. The van der Waals surface area contributed by atoms with Gasteiger partial charge in [-0.05, 0) is 123 Å². The lowest BCUT2D eigenvalue weighted by Crippen LogP contribution is -2.61. The maximum Gasteiger partial charge on any atom is 0.329 e. The molecule has 15 atom stereocenters. The number of methoxy groups -OCH3 is 1. The molecule has 5 rings (SSSR count). The monoisotopic (exact) mass is 934 g/mol. The minimum atomic E-state index is -2.41. The van der Waals surface area contributed by atoms with E-state index in [1.807, 2.05) is 62.8 Å². The molecule has 3 aliphatic heterocycles. The van der Waals surface area contributed by atoms with Gasteiger partial charge in [0.2, 0.25) is 5.79 Å². The first-order valence-corrected chi connectivity index (χ1v) is 24.9. The minimum Gasteiger partial charge on any atom is -0.460 e. The first-order chi connectivity index (χ1) is 31.7. The molecule has 1 saturated carbocycles. The zero-order valence-electron chi connectivity index (χ0n) is 41.7. The molecule has 4 aliphatic rings. The average molecular weight is 934 g/mol. The van der Waals surface area contributed by atoms with Crippen molar-refractivity contribution in [2.24, 2.45) is 47.3 Å². The number of aliphatic hydroxyl groups excluding tert-OH is 1. The van der Waals surface area contributed by atoms with E-state index in [-0.39, 0.29) is 66.6 Å². The zero-order valence-corrected chi connectivity index (χ0v) is 41.7. The molecule has 3 fully saturated rings. The fourth-order valence-electron chi connectivity index (χ4n) is 11.0. The maximum atomic E-state index is 14.5. The number of aromatic nitrogens is 4. The molecule has 15 nitrogen and oxygen atoms in total. The van der Waals surface area contributed by atoms with Crippen molar-refractivity contribution in [3.63, 3.8) is 0 Å². The standard InChI is InChI=1S/C52H79N5O10/c1-31-16-12-11-13-17-32(2)45(65-10)28-41-21-19-38(8)52(64,67-41)49(61)50(62)56-23-15-14-18-43(56)51(63)66-46(35(5)27-40-20-22-42(33(3)26-40)57-30-53-54-55-57)29-44(58)34(4)25-37(7)48(60)39(9)47(59)36(6)24-31/h11-13,16-17,25,30-31,33-36,38-43,45-46,48,60,64H,14-15,18-24,26-29H2,1-10H3/b13-11?,16-12+,32-17?,37-25+/t31?,33-,34?,35?,36-,38-,39?,40-,41?,42+,43+,45?,46?,48-,52-/m1/s1. The molecular weight excluding hydrogens is 855 g/mol. The molecule has 2 bridgehead atoms. The number of ketones is 3. The number of rotatable bonds is 5. The number of Topliss-reactive ketones (excluding diaryl/α,β-unsaturated/α-hetero) is 3. The Hall–Kier alpha value is -4.18. The number of hydrogen-bond acceptors (Lipinski definition) is 13. The van der Waals surface area contributed by atoms with Crippen LogP contribution in [0, 0.1) is 47.3 Å². The van der Waals surface area contributed by atoms with Crippen molar-refractivity contribution in [1.29, 1.82) is 0 Å². The van der Waals surface area contributed by atoms with E-state index in [9.17, 15) is 34.2 Å². The van der Waals surface area contributed by atoms with Crippen molar-refractivity contribution in [1.82, 2.24) is 25.1 Å². The predicted octanol–water partition coefficient (Wildman–Crippen LogP) is 7.29. The molecule has 0 spiro atoms. The van der Waals surface area contributed by atoms with Crippen molar-refractivity contribution >= 4 is 29.2 Å². The Balaban J connectivity index is 1.44. The van der Waals surface area contributed by atoms with Crippen LogP contribution in [-0.2, 0) is 38.2 Å². The van der Waals surface area contributed by atoms with Gasteiger partial charge in [0.25, 0.3) is 11.7 Å². The Bertz CT molecular complexity index is 1980. The van der Waals surface area contributed by atoms with Gasteiger partial charge >= 0.3 is 5.97 Å². The van der Waals surface area contributed by atoms with Gasteiger partial charge < -0.3 is 29.3 Å². The number of aliphatic hydroxyl groups is 2. The number of amides is 1. The highest BCUT2D eigenvalue weighted by Gasteiger charge is 2.53. The van der Waals surface area contributed by atoms with E-state index >= 15 is 0 Å². The summed E-state index contributed by atoms with van der Waals surface area (Å²) in [5, 5.41) is 35.2. The van der Waals surface area contributed by atoms with Crippen LogP contribution < -0.4 is 0 Å². The summed E-state index contributed by atoms with van der Waals surface area (Å²) in [4.78, 5) is 72.0. The SMILES string of the molecule is COC1CC2CC[C@@H](C)[C@@](O)(O2)C(=O)C(=O)N2CCCC[C@H]2C(=O)OC(C(C)C[C@@H]2CC[C@H](n3cnnn3)[C@H](C)C2)CC(=O)C(C)/C=C(\C)[C@@H](O)C(C)C(=O)[C@H](C)CC(C)/C=C/C=CC=C1C. The Labute approximate surface area is 398 Å². The molecular formula is C52H79N5O10. The fraction of sp³-hybridized carbons (Fsp3) is 0.731. The Kier molecular flexibility index (Phi) is 19.6.